The van der Waals surface area contributed by atoms with Gasteiger partial charge in [-0.25, -0.2) is 4.98 Å². The molecule has 0 spiro atoms. The molecule has 3 aromatic rings. The Labute approximate surface area is 125 Å². The first-order valence-corrected chi connectivity index (χ1v) is 7.13. The minimum Gasteiger partial charge on any atom is -0.351 e. The normalized spacial score (nSPS) is 10.6. The highest BCUT2D eigenvalue weighted by atomic mass is 15.2. The van der Waals surface area contributed by atoms with E-state index < -0.39 is 0 Å². The zero-order chi connectivity index (χ0) is 14.7. The maximum Gasteiger partial charge on any atom is 0.208 e. The Kier molecular flexibility index (Phi) is 3.73. The highest BCUT2D eigenvalue weighted by Gasteiger charge is 2.06. The van der Waals surface area contributed by atoms with Gasteiger partial charge in [0.25, 0.3) is 0 Å². The van der Waals surface area contributed by atoms with Crippen molar-refractivity contribution in [1.29, 1.82) is 0 Å². The molecule has 3 heteroatoms. The van der Waals surface area contributed by atoms with Crippen molar-refractivity contribution in [3.05, 3.63) is 77.6 Å². The fourth-order valence-electron chi connectivity index (χ4n) is 2.29. The van der Waals surface area contributed by atoms with Crippen LogP contribution in [0.5, 0.6) is 0 Å². The Morgan fingerprint density at radius 2 is 1.67 bits per heavy atom. The van der Waals surface area contributed by atoms with Gasteiger partial charge in [0, 0.05) is 18.4 Å². The number of benzene rings is 2. The molecule has 0 aliphatic rings. The summed E-state index contributed by atoms with van der Waals surface area (Å²) in [6.07, 6.45) is 2.05. The SMILES string of the molecule is Cc1ccc(CNc2nc(C)cn2-c2ccccc2)cc1. The highest BCUT2D eigenvalue weighted by Crippen LogP contribution is 2.17. The van der Waals surface area contributed by atoms with Crippen molar-refractivity contribution in [2.75, 3.05) is 5.32 Å². The second-order valence-corrected chi connectivity index (χ2v) is 5.25. The zero-order valence-electron chi connectivity index (χ0n) is 12.4. The molecule has 1 aromatic heterocycles. The molecule has 21 heavy (non-hydrogen) atoms. The second-order valence-electron chi connectivity index (χ2n) is 5.25. The predicted molar refractivity (Wildman–Crippen MR) is 86.8 cm³/mol. The molecule has 0 fully saturated rings. The molecule has 0 atom stereocenters. The van der Waals surface area contributed by atoms with Crippen LogP contribution >= 0.6 is 0 Å². The van der Waals surface area contributed by atoms with Crippen molar-refractivity contribution in [3.63, 3.8) is 0 Å². The maximum atomic E-state index is 4.57. The lowest BCUT2D eigenvalue weighted by atomic mass is 10.1. The van der Waals surface area contributed by atoms with Crippen LogP contribution in [0.3, 0.4) is 0 Å². The van der Waals surface area contributed by atoms with Crippen LogP contribution in [-0.4, -0.2) is 9.55 Å². The smallest absolute Gasteiger partial charge is 0.208 e. The van der Waals surface area contributed by atoms with Crippen molar-refractivity contribution >= 4 is 5.95 Å². The lowest BCUT2D eigenvalue weighted by molar-refractivity contribution is 1.00. The van der Waals surface area contributed by atoms with Gasteiger partial charge in [0.15, 0.2) is 0 Å². The third kappa shape index (κ3) is 3.14. The van der Waals surface area contributed by atoms with E-state index in [4.69, 9.17) is 0 Å². The summed E-state index contributed by atoms with van der Waals surface area (Å²) in [6, 6.07) is 18.8. The molecule has 0 aliphatic heterocycles. The number of hydrogen-bond acceptors (Lipinski definition) is 2. The first kappa shape index (κ1) is 13.4. The number of imidazole rings is 1. The lowest BCUT2D eigenvalue weighted by Crippen LogP contribution is -2.06. The summed E-state index contributed by atoms with van der Waals surface area (Å²) in [5, 5.41) is 3.42. The Morgan fingerprint density at radius 3 is 2.38 bits per heavy atom. The minimum atomic E-state index is 0.767. The molecule has 0 saturated heterocycles. The molecule has 1 heterocycles. The van der Waals surface area contributed by atoms with E-state index >= 15 is 0 Å². The van der Waals surface area contributed by atoms with E-state index in [-0.39, 0.29) is 0 Å². The molecule has 3 nitrogen and oxygen atoms in total. The summed E-state index contributed by atoms with van der Waals surface area (Å²) in [7, 11) is 0. The predicted octanol–water partition coefficient (Wildman–Crippen LogP) is 4.10. The molecule has 0 saturated carbocycles. The molecule has 0 unspecified atom stereocenters. The Hall–Kier alpha value is -2.55. The average molecular weight is 277 g/mol. The number of nitrogens with one attached hydrogen (secondary N) is 1. The monoisotopic (exact) mass is 277 g/mol. The van der Waals surface area contributed by atoms with Crippen LogP contribution in [-0.2, 0) is 6.54 Å². The van der Waals surface area contributed by atoms with Crippen molar-refractivity contribution in [3.8, 4) is 5.69 Å². The summed E-state index contributed by atoms with van der Waals surface area (Å²) in [5.41, 5.74) is 4.65. The van der Waals surface area contributed by atoms with Gasteiger partial charge in [0.1, 0.15) is 0 Å². The number of para-hydroxylation sites is 1. The fourth-order valence-corrected chi connectivity index (χ4v) is 2.29. The molecule has 0 radical (unpaired) electrons. The standard InChI is InChI=1S/C18H19N3/c1-14-8-10-16(11-9-14)12-19-18-20-15(2)13-21(18)17-6-4-3-5-7-17/h3-11,13H,12H2,1-2H3,(H,19,20). The highest BCUT2D eigenvalue weighted by molar-refractivity contribution is 5.43. The third-order valence-electron chi connectivity index (χ3n) is 3.43. The van der Waals surface area contributed by atoms with Crippen LogP contribution in [0.4, 0.5) is 5.95 Å². The largest absolute Gasteiger partial charge is 0.351 e. The molecular formula is C18H19N3. The summed E-state index contributed by atoms with van der Waals surface area (Å²) >= 11 is 0. The van der Waals surface area contributed by atoms with Gasteiger partial charge in [-0.15, -0.1) is 0 Å². The van der Waals surface area contributed by atoms with Crippen LogP contribution in [0.2, 0.25) is 0 Å². The van der Waals surface area contributed by atoms with Gasteiger partial charge in [-0.1, -0.05) is 48.0 Å². The number of hydrogen-bond donors (Lipinski definition) is 1. The van der Waals surface area contributed by atoms with E-state index in [2.05, 4.69) is 58.2 Å². The molecule has 3 rings (SSSR count). The molecule has 0 bridgehead atoms. The van der Waals surface area contributed by atoms with Crippen molar-refractivity contribution in [1.82, 2.24) is 9.55 Å². The molecule has 0 aliphatic carbocycles. The van der Waals surface area contributed by atoms with E-state index in [1.54, 1.807) is 0 Å². The summed E-state index contributed by atoms with van der Waals surface area (Å²) in [4.78, 5) is 4.57. The molecule has 0 amide bonds. The Morgan fingerprint density at radius 1 is 0.952 bits per heavy atom. The van der Waals surface area contributed by atoms with E-state index in [1.807, 2.05) is 31.3 Å². The Balaban J connectivity index is 1.81. The topological polar surface area (TPSA) is 29.9 Å². The number of rotatable bonds is 4. The van der Waals surface area contributed by atoms with Gasteiger partial charge in [0.05, 0.1) is 5.69 Å². The summed E-state index contributed by atoms with van der Waals surface area (Å²) in [5.74, 6) is 0.874. The van der Waals surface area contributed by atoms with Crippen LogP contribution in [0.15, 0.2) is 60.8 Å². The molecular weight excluding hydrogens is 258 g/mol. The Bertz CT molecular complexity index is 712. The lowest BCUT2D eigenvalue weighted by Gasteiger charge is -2.10. The van der Waals surface area contributed by atoms with Gasteiger partial charge in [-0.05, 0) is 31.5 Å². The minimum absolute atomic E-state index is 0.767. The van der Waals surface area contributed by atoms with E-state index in [9.17, 15) is 0 Å². The van der Waals surface area contributed by atoms with Crippen molar-refractivity contribution < 1.29 is 0 Å². The van der Waals surface area contributed by atoms with E-state index in [1.165, 1.54) is 11.1 Å². The van der Waals surface area contributed by atoms with Gasteiger partial charge < -0.3 is 5.32 Å². The number of aryl methyl sites for hydroxylation is 2. The average Bonchev–Trinajstić information content (AvgIpc) is 2.89. The quantitative estimate of drug-likeness (QED) is 0.778. The first-order chi connectivity index (χ1) is 10.2. The van der Waals surface area contributed by atoms with E-state index in [0.717, 1.165) is 23.9 Å². The van der Waals surface area contributed by atoms with Crippen LogP contribution in [0.1, 0.15) is 16.8 Å². The van der Waals surface area contributed by atoms with Crippen LogP contribution in [0, 0.1) is 13.8 Å². The zero-order valence-corrected chi connectivity index (χ0v) is 12.4. The van der Waals surface area contributed by atoms with Crippen molar-refractivity contribution in [2.24, 2.45) is 0 Å². The third-order valence-corrected chi connectivity index (χ3v) is 3.43. The second kappa shape index (κ2) is 5.83. The van der Waals surface area contributed by atoms with Gasteiger partial charge >= 0.3 is 0 Å². The number of anilines is 1. The molecule has 106 valence electrons. The van der Waals surface area contributed by atoms with E-state index in [0.29, 0.717) is 0 Å². The van der Waals surface area contributed by atoms with Crippen LogP contribution in [0.25, 0.3) is 5.69 Å². The fraction of sp³-hybridized carbons (Fsp3) is 0.167. The van der Waals surface area contributed by atoms with Gasteiger partial charge in [0.2, 0.25) is 5.95 Å². The van der Waals surface area contributed by atoms with Crippen molar-refractivity contribution in [2.45, 2.75) is 20.4 Å². The number of nitrogens with zero attached hydrogens (tertiary/aromatic N) is 2. The van der Waals surface area contributed by atoms with Gasteiger partial charge in [-0.2, -0.15) is 0 Å². The summed E-state index contributed by atoms with van der Waals surface area (Å²) in [6.45, 7) is 4.88. The molecule has 1 N–H and O–H groups in total. The number of aromatic nitrogens is 2. The molecule has 2 aromatic carbocycles. The van der Waals surface area contributed by atoms with Gasteiger partial charge in [-0.3, -0.25) is 4.57 Å². The first-order valence-electron chi connectivity index (χ1n) is 7.13. The maximum absolute atomic E-state index is 4.57. The van der Waals surface area contributed by atoms with Crippen LogP contribution < -0.4 is 5.32 Å². The summed E-state index contributed by atoms with van der Waals surface area (Å²) < 4.78 is 2.09.